The fourth-order valence-electron chi connectivity index (χ4n) is 2.91. The summed E-state index contributed by atoms with van der Waals surface area (Å²) in [6.07, 6.45) is 5.28. The van der Waals surface area contributed by atoms with Crippen LogP contribution in [0.25, 0.3) is 0 Å². The maximum absolute atomic E-state index is 12.6. The third-order valence-corrected chi connectivity index (χ3v) is 4.39. The van der Waals surface area contributed by atoms with Crippen molar-refractivity contribution in [2.45, 2.75) is 40.3 Å². The van der Waals surface area contributed by atoms with Crippen LogP contribution in [-0.4, -0.2) is 34.6 Å². The second-order valence-corrected chi connectivity index (χ2v) is 5.95. The molecule has 0 saturated heterocycles. The molecule has 25 heavy (non-hydrogen) atoms. The highest BCUT2D eigenvalue weighted by atomic mass is 16.5. The lowest BCUT2D eigenvalue weighted by molar-refractivity contribution is 0.182. The number of nitrogens with one attached hydrogen (secondary N) is 1. The Bertz CT molecular complexity index is 719. The number of hydrogen-bond donors (Lipinski definition) is 1. The minimum atomic E-state index is -0.125. The molecule has 0 aliphatic carbocycles. The van der Waals surface area contributed by atoms with E-state index in [1.165, 1.54) is 0 Å². The molecule has 2 aromatic heterocycles. The van der Waals surface area contributed by atoms with Crippen LogP contribution < -0.4 is 10.1 Å². The lowest BCUT2D eigenvalue weighted by Gasteiger charge is -2.28. The molecule has 2 aromatic rings. The van der Waals surface area contributed by atoms with Crippen molar-refractivity contribution in [3.8, 4) is 5.75 Å². The largest absolute Gasteiger partial charge is 0.496 e. The van der Waals surface area contributed by atoms with E-state index in [2.05, 4.69) is 15.3 Å². The molecule has 2 heterocycles. The fraction of sp³-hybridized carbons (Fsp3) is 0.421. The number of rotatable bonds is 6. The highest BCUT2D eigenvalue weighted by Gasteiger charge is 2.20. The second-order valence-electron chi connectivity index (χ2n) is 5.95. The van der Waals surface area contributed by atoms with Gasteiger partial charge in [-0.2, -0.15) is 0 Å². The molecule has 2 rings (SSSR count). The van der Waals surface area contributed by atoms with E-state index in [0.717, 1.165) is 28.1 Å². The zero-order valence-electron chi connectivity index (χ0n) is 15.5. The van der Waals surface area contributed by atoms with Crippen molar-refractivity contribution in [2.75, 3.05) is 13.7 Å². The number of urea groups is 1. The zero-order valence-corrected chi connectivity index (χ0v) is 15.5. The number of ether oxygens (including phenoxy) is 1. The molecule has 1 N–H and O–H groups in total. The summed E-state index contributed by atoms with van der Waals surface area (Å²) in [5.41, 5.74) is 3.74. The van der Waals surface area contributed by atoms with E-state index in [1.807, 2.05) is 39.8 Å². The Kier molecular flexibility index (Phi) is 6.33. The third kappa shape index (κ3) is 4.26. The van der Waals surface area contributed by atoms with Crippen LogP contribution in [0.3, 0.4) is 0 Å². The maximum Gasteiger partial charge on any atom is 0.318 e. The van der Waals surface area contributed by atoms with Gasteiger partial charge in [-0.05, 0) is 39.3 Å². The van der Waals surface area contributed by atoms with Crippen molar-refractivity contribution in [1.82, 2.24) is 20.2 Å². The van der Waals surface area contributed by atoms with Crippen molar-refractivity contribution in [3.63, 3.8) is 0 Å². The van der Waals surface area contributed by atoms with Crippen LogP contribution in [0.4, 0.5) is 4.79 Å². The molecule has 0 saturated carbocycles. The molecule has 6 nitrogen and oxygen atoms in total. The van der Waals surface area contributed by atoms with Crippen LogP contribution in [0.15, 0.2) is 30.7 Å². The zero-order chi connectivity index (χ0) is 18.4. The Labute approximate surface area is 149 Å². The minimum Gasteiger partial charge on any atom is -0.496 e. The Morgan fingerprint density at radius 3 is 2.72 bits per heavy atom. The van der Waals surface area contributed by atoms with E-state index in [4.69, 9.17) is 4.74 Å². The van der Waals surface area contributed by atoms with E-state index in [9.17, 15) is 4.79 Å². The predicted octanol–water partition coefficient (Wildman–Crippen LogP) is 3.39. The SMILES string of the molecule is CCN(C(=O)NCc1ncc(C)c(OC)c1C)[C@H](C)c1cccnc1. The topological polar surface area (TPSA) is 67.4 Å². The van der Waals surface area contributed by atoms with E-state index < -0.39 is 0 Å². The Morgan fingerprint density at radius 1 is 1.36 bits per heavy atom. The minimum absolute atomic E-state index is 0.0553. The molecule has 1 atom stereocenters. The molecule has 0 unspecified atom stereocenters. The first-order valence-corrected chi connectivity index (χ1v) is 8.43. The summed E-state index contributed by atoms with van der Waals surface area (Å²) in [4.78, 5) is 23.0. The summed E-state index contributed by atoms with van der Waals surface area (Å²) in [5.74, 6) is 0.815. The van der Waals surface area contributed by atoms with Gasteiger partial charge < -0.3 is 15.0 Å². The van der Waals surface area contributed by atoms with Crippen molar-refractivity contribution in [3.05, 3.63) is 53.1 Å². The highest BCUT2D eigenvalue weighted by Crippen LogP contribution is 2.24. The summed E-state index contributed by atoms with van der Waals surface area (Å²) in [6, 6.07) is 3.67. The van der Waals surface area contributed by atoms with Gasteiger partial charge in [0.25, 0.3) is 0 Å². The molecular weight excluding hydrogens is 316 g/mol. The quantitative estimate of drug-likeness (QED) is 0.874. The molecule has 0 aliphatic rings. The van der Waals surface area contributed by atoms with Crippen LogP contribution in [0.5, 0.6) is 5.75 Å². The number of carbonyl (C=O) groups excluding carboxylic acids is 1. The van der Waals surface area contributed by atoms with Crippen LogP contribution in [0.1, 0.15) is 42.3 Å². The third-order valence-electron chi connectivity index (χ3n) is 4.39. The number of nitrogens with zero attached hydrogens (tertiary/aromatic N) is 3. The maximum atomic E-state index is 12.6. The predicted molar refractivity (Wildman–Crippen MR) is 97.5 cm³/mol. The summed E-state index contributed by atoms with van der Waals surface area (Å²) in [5, 5.41) is 2.96. The molecule has 0 bridgehead atoms. The van der Waals surface area contributed by atoms with Gasteiger partial charge in [0.05, 0.1) is 25.4 Å². The first-order chi connectivity index (χ1) is 12.0. The van der Waals surface area contributed by atoms with Crippen molar-refractivity contribution in [1.29, 1.82) is 0 Å². The second kappa shape index (κ2) is 8.46. The molecule has 0 aromatic carbocycles. The molecule has 0 fully saturated rings. The van der Waals surface area contributed by atoms with E-state index in [1.54, 1.807) is 30.6 Å². The lowest BCUT2D eigenvalue weighted by atomic mass is 10.1. The van der Waals surface area contributed by atoms with Crippen LogP contribution >= 0.6 is 0 Å². The molecule has 134 valence electrons. The molecule has 0 aliphatic heterocycles. The number of pyridine rings is 2. The molecule has 6 heteroatoms. The Morgan fingerprint density at radius 2 is 2.12 bits per heavy atom. The van der Waals surface area contributed by atoms with E-state index in [-0.39, 0.29) is 12.1 Å². The van der Waals surface area contributed by atoms with Gasteiger partial charge in [-0.3, -0.25) is 9.97 Å². The molecule has 0 radical (unpaired) electrons. The summed E-state index contributed by atoms with van der Waals surface area (Å²) >= 11 is 0. The number of carbonyl (C=O) groups is 1. The van der Waals surface area contributed by atoms with Gasteiger partial charge in [-0.1, -0.05) is 6.07 Å². The Balaban J connectivity index is 2.08. The van der Waals surface area contributed by atoms with Gasteiger partial charge in [-0.25, -0.2) is 4.79 Å². The normalized spacial score (nSPS) is 11.7. The number of aryl methyl sites for hydroxylation is 1. The number of amides is 2. The first kappa shape index (κ1) is 18.7. The highest BCUT2D eigenvalue weighted by molar-refractivity contribution is 5.74. The van der Waals surface area contributed by atoms with Crippen molar-refractivity contribution in [2.24, 2.45) is 0 Å². The molecule has 0 spiro atoms. The average molecular weight is 342 g/mol. The van der Waals surface area contributed by atoms with Crippen molar-refractivity contribution < 1.29 is 9.53 Å². The fourth-order valence-corrected chi connectivity index (χ4v) is 2.91. The van der Waals surface area contributed by atoms with Crippen molar-refractivity contribution >= 4 is 6.03 Å². The lowest BCUT2D eigenvalue weighted by Crippen LogP contribution is -2.41. The number of hydrogen-bond acceptors (Lipinski definition) is 4. The summed E-state index contributed by atoms with van der Waals surface area (Å²) < 4.78 is 5.42. The van der Waals surface area contributed by atoms with E-state index >= 15 is 0 Å². The van der Waals surface area contributed by atoms with Gasteiger partial charge in [0.1, 0.15) is 5.75 Å². The number of aromatic nitrogens is 2. The smallest absolute Gasteiger partial charge is 0.318 e. The Hall–Kier alpha value is -2.63. The number of methoxy groups -OCH3 is 1. The van der Waals surface area contributed by atoms with Gasteiger partial charge in [0, 0.05) is 36.3 Å². The molecule has 2 amide bonds. The van der Waals surface area contributed by atoms with Crippen LogP contribution in [0.2, 0.25) is 0 Å². The van der Waals surface area contributed by atoms with Gasteiger partial charge in [0.2, 0.25) is 0 Å². The average Bonchev–Trinajstić information content (AvgIpc) is 2.62. The molecular formula is C19H26N4O2. The van der Waals surface area contributed by atoms with E-state index in [0.29, 0.717) is 13.1 Å². The monoisotopic (exact) mass is 342 g/mol. The van der Waals surface area contributed by atoms with Crippen LogP contribution in [-0.2, 0) is 6.54 Å². The van der Waals surface area contributed by atoms with Gasteiger partial charge >= 0.3 is 6.03 Å². The van der Waals surface area contributed by atoms with Crippen LogP contribution in [0, 0.1) is 13.8 Å². The summed E-state index contributed by atoms with van der Waals surface area (Å²) in [7, 11) is 1.64. The van der Waals surface area contributed by atoms with Gasteiger partial charge in [0.15, 0.2) is 0 Å². The standard InChI is InChI=1S/C19H26N4O2/c1-6-23(15(4)16-8-7-9-20-11-16)19(24)22-12-17-14(3)18(25-5)13(2)10-21-17/h7-11,15H,6,12H2,1-5H3,(H,22,24)/t15-/m1/s1. The first-order valence-electron chi connectivity index (χ1n) is 8.43. The van der Waals surface area contributed by atoms with Gasteiger partial charge in [-0.15, -0.1) is 0 Å². The summed E-state index contributed by atoms with van der Waals surface area (Å²) in [6.45, 7) is 8.83.